The molecule has 0 aliphatic heterocycles. The summed E-state index contributed by atoms with van der Waals surface area (Å²) in [6.07, 6.45) is 1.47. The van der Waals surface area contributed by atoms with Gasteiger partial charge in [0.05, 0.1) is 20.7 Å². The fraction of sp³-hybridized carbons (Fsp3) is 0. The molecule has 0 aliphatic rings. The fourth-order valence-corrected chi connectivity index (χ4v) is 3.93. The number of rotatable bonds is 4. The summed E-state index contributed by atoms with van der Waals surface area (Å²) in [7, 11) is -4.04. The summed E-state index contributed by atoms with van der Waals surface area (Å²) in [5, 5.41) is 11.5. The summed E-state index contributed by atoms with van der Waals surface area (Å²) in [6.45, 7) is 0. The van der Waals surface area contributed by atoms with Crippen LogP contribution in [0, 0.1) is 10.1 Å². The van der Waals surface area contributed by atoms with Gasteiger partial charge in [0.15, 0.2) is 6.29 Å². The number of non-ortho nitro benzene ring substituents is 1. The summed E-state index contributed by atoms with van der Waals surface area (Å²) in [4.78, 5) is 21.7. The van der Waals surface area contributed by atoms with Crippen molar-refractivity contribution in [2.45, 2.75) is 4.90 Å². The number of halogens is 1. The van der Waals surface area contributed by atoms with Gasteiger partial charge < -0.3 is 0 Å². The number of nitro groups is 1. The standard InChI is InChI=1S/C15H9ClN2O5S/c16-11-4-6-12(7-5-11)24(22,23)17-8-10(9-19)15-13(17)2-1-3-14(15)18(20)21/h1-9H. The van der Waals surface area contributed by atoms with Crippen molar-refractivity contribution >= 4 is 44.5 Å². The Morgan fingerprint density at radius 3 is 2.38 bits per heavy atom. The molecule has 0 spiro atoms. The molecule has 3 rings (SSSR count). The first-order valence-corrected chi connectivity index (χ1v) is 8.43. The molecule has 7 nitrogen and oxygen atoms in total. The Hall–Kier alpha value is -2.71. The van der Waals surface area contributed by atoms with Crippen LogP contribution >= 0.6 is 11.6 Å². The molecular weight excluding hydrogens is 356 g/mol. The van der Waals surface area contributed by atoms with Gasteiger partial charge in [-0.3, -0.25) is 14.9 Å². The zero-order chi connectivity index (χ0) is 17.5. The molecule has 3 aromatic rings. The zero-order valence-electron chi connectivity index (χ0n) is 11.9. The first kappa shape index (κ1) is 16.2. The van der Waals surface area contributed by atoms with Gasteiger partial charge in [-0.25, -0.2) is 12.4 Å². The Balaban J connectivity index is 2.35. The quantitative estimate of drug-likeness (QED) is 0.402. The molecule has 0 aliphatic carbocycles. The Labute approximate surface area is 141 Å². The van der Waals surface area contributed by atoms with Crippen molar-refractivity contribution in [2.24, 2.45) is 0 Å². The molecule has 0 N–H and O–H groups in total. The van der Waals surface area contributed by atoms with Crippen molar-refractivity contribution in [1.82, 2.24) is 3.97 Å². The minimum Gasteiger partial charge on any atom is -0.298 e. The predicted octanol–water partition coefficient (Wildman–Crippen LogP) is 3.25. The Morgan fingerprint density at radius 2 is 1.79 bits per heavy atom. The van der Waals surface area contributed by atoms with Crippen molar-refractivity contribution in [3.8, 4) is 0 Å². The Morgan fingerprint density at radius 1 is 1.12 bits per heavy atom. The average Bonchev–Trinajstić information content (AvgIpc) is 2.94. The first-order chi connectivity index (χ1) is 11.4. The van der Waals surface area contributed by atoms with Crippen LogP contribution < -0.4 is 0 Å². The number of aldehydes is 1. The third-order valence-corrected chi connectivity index (χ3v) is 5.44. The predicted molar refractivity (Wildman–Crippen MR) is 88.0 cm³/mol. The van der Waals surface area contributed by atoms with E-state index in [0.717, 1.165) is 10.2 Å². The van der Waals surface area contributed by atoms with Crippen LogP contribution in [0.2, 0.25) is 5.02 Å². The largest absolute Gasteiger partial charge is 0.298 e. The van der Waals surface area contributed by atoms with E-state index in [2.05, 4.69) is 0 Å². The van der Waals surface area contributed by atoms with E-state index in [-0.39, 0.29) is 27.0 Å². The molecule has 24 heavy (non-hydrogen) atoms. The molecule has 0 unspecified atom stereocenters. The minimum absolute atomic E-state index is 0.0185. The van der Waals surface area contributed by atoms with E-state index in [4.69, 9.17) is 11.6 Å². The van der Waals surface area contributed by atoms with E-state index in [1.165, 1.54) is 42.5 Å². The van der Waals surface area contributed by atoms with Crippen molar-refractivity contribution in [1.29, 1.82) is 0 Å². The highest BCUT2D eigenvalue weighted by Crippen LogP contribution is 2.32. The Kier molecular flexibility index (Phi) is 3.86. The SMILES string of the molecule is O=Cc1cn(S(=O)(=O)c2ccc(Cl)cc2)c2cccc([N+](=O)[O-])c12. The number of fused-ring (bicyclic) bond motifs is 1. The number of benzene rings is 2. The monoisotopic (exact) mass is 364 g/mol. The lowest BCUT2D eigenvalue weighted by Crippen LogP contribution is -2.11. The number of nitrogens with zero attached hydrogens (tertiary/aromatic N) is 2. The molecule has 1 heterocycles. The second-order valence-electron chi connectivity index (χ2n) is 4.89. The van der Waals surface area contributed by atoms with Gasteiger partial charge in [-0.1, -0.05) is 17.7 Å². The molecule has 0 saturated heterocycles. The lowest BCUT2D eigenvalue weighted by molar-refractivity contribution is -0.383. The van der Waals surface area contributed by atoms with Crippen molar-refractivity contribution in [3.05, 3.63) is 69.4 Å². The second kappa shape index (κ2) is 5.73. The third kappa shape index (κ3) is 2.45. The first-order valence-electron chi connectivity index (χ1n) is 6.61. The minimum atomic E-state index is -4.04. The fourth-order valence-electron chi connectivity index (χ4n) is 2.43. The lowest BCUT2D eigenvalue weighted by atomic mass is 10.1. The molecule has 0 atom stereocenters. The van der Waals surface area contributed by atoms with Gasteiger partial charge in [-0.2, -0.15) is 0 Å². The van der Waals surface area contributed by atoms with Crippen LogP contribution in [-0.4, -0.2) is 23.6 Å². The van der Waals surface area contributed by atoms with Crippen LogP contribution in [0.5, 0.6) is 0 Å². The molecule has 2 aromatic carbocycles. The molecule has 0 amide bonds. The summed E-state index contributed by atoms with van der Waals surface area (Å²) in [5.41, 5.74) is -0.351. The maximum atomic E-state index is 12.8. The van der Waals surface area contributed by atoms with Crippen molar-refractivity contribution in [2.75, 3.05) is 0 Å². The van der Waals surface area contributed by atoms with Gasteiger partial charge in [-0.05, 0) is 30.3 Å². The van der Waals surface area contributed by atoms with Crippen LogP contribution in [0.25, 0.3) is 10.9 Å². The van der Waals surface area contributed by atoms with Crippen molar-refractivity contribution in [3.63, 3.8) is 0 Å². The molecular formula is C15H9ClN2O5S. The van der Waals surface area contributed by atoms with Crippen LogP contribution in [0.15, 0.2) is 53.6 Å². The van der Waals surface area contributed by atoms with Crippen LogP contribution in [0.4, 0.5) is 5.69 Å². The maximum Gasteiger partial charge on any atom is 0.279 e. The van der Waals surface area contributed by atoms with E-state index in [0.29, 0.717) is 11.3 Å². The Bertz CT molecular complexity index is 1070. The van der Waals surface area contributed by atoms with E-state index in [1.807, 2.05) is 0 Å². The van der Waals surface area contributed by atoms with Gasteiger partial charge in [0.2, 0.25) is 0 Å². The maximum absolute atomic E-state index is 12.8. The van der Waals surface area contributed by atoms with E-state index < -0.39 is 14.9 Å². The molecule has 0 saturated carbocycles. The summed E-state index contributed by atoms with van der Waals surface area (Å²) in [5.74, 6) is 0. The van der Waals surface area contributed by atoms with E-state index in [9.17, 15) is 23.3 Å². The molecule has 122 valence electrons. The number of nitro benzene ring substituents is 1. The molecule has 0 radical (unpaired) electrons. The van der Waals surface area contributed by atoms with E-state index in [1.54, 1.807) is 0 Å². The third-order valence-electron chi connectivity index (χ3n) is 3.50. The smallest absolute Gasteiger partial charge is 0.279 e. The summed E-state index contributed by atoms with van der Waals surface area (Å²) in [6, 6.07) is 9.47. The van der Waals surface area contributed by atoms with Gasteiger partial charge >= 0.3 is 0 Å². The van der Waals surface area contributed by atoms with Gasteiger partial charge in [0.1, 0.15) is 0 Å². The number of aromatic nitrogens is 1. The zero-order valence-corrected chi connectivity index (χ0v) is 13.5. The lowest BCUT2D eigenvalue weighted by Gasteiger charge is -2.07. The number of carbonyl (C=O) groups excluding carboxylic acids is 1. The van der Waals surface area contributed by atoms with Crippen LogP contribution in [0.1, 0.15) is 10.4 Å². The summed E-state index contributed by atoms with van der Waals surface area (Å²) < 4.78 is 26.5. The van der Waals surface area contributed by atoms with Gasteiger partial charge in [0.25, 0.3) is 15.7 Å². The number of carbonyl (C=O) groups is 1. The summed E-state index contributed by atoms with van der Waals surface area (Å²) >= 11 is 5.76. The van der Waals surface area contributed by atoms with Crippen LogP contribution in [-0.2, 0) is 10.0 Å². The second-order valence-corrected chi connectivity index (χ2v) is 7.14. The highest BCUT2D eigenvalue weighted by atomic mass is 35.5. The molecule has 1 aromatic heterocycles. The topological polar surface area (TPSA) is 99.3 Å². The van der Waals surface area contributed by atoms with E-state index >= 15 is 0 Å². The van der Waals surface area contributed by atoms with Gasteiger partial charge in [0, 0.05) is 22.8 Å². The van der Waals surface area contributed by atoms with Crippen LogP contribution in [0.3, 0.4) is 0 Å². The van der Waals surface area contributed by atoms with Gasteiger partial charge in [-0.15, -0.1) is 0 Å². The molecule has 0 bridgehead atoms. The highest BCUT2D eigenvalue weighted by Gasteiger charge is 2.25. The number of hydrogen-bond acceptors (Lipinski definition) is 5. The average molecular weight is 365 g/mol. The highest BCUT2D eigenvalue weighted by molar-refractivity contribution is 7.90. The molecule has 0 fully saturated rings. The van der Waals surface area contributed by atoms with Crippen molar-refractivity contribution < 1.29 is 18.1 Å². The molecule has 9 heteroatoms. The number of hydrogen-bond donors (Lipinski definition) is 0. The normalized spacial score (nSPS) is 11.5.